The first kappa shape index (κ1) is 13.8. The highest BCUT2D eigenvalue weighted by molar-refractivity contribution is 9.10. The second-order valence-corrected chi connectivity index (χ2v) is 6.39. The number of hydrogen-bond acceptors (Lipinski definition) is 3. The average Bonchev–Trinajstić information content (AvgIpc) is 2.34. The van der Waals surface area contributed by atoms with E-state index in [0.717, 1.165) is 16.2 Å². The van der Waals surface area contributed by atoms with Gasteiger partial charge < -0.3 is 10.2 Å². The van der Waals surface area contributed by atoms with Crippen LogP contribution in [0.5, 0.6) is 0 Å². The first-order valence-electron chi connectivity index (χ1n) is 6.74. The van der Waals surface area contributed by atoms with Gasteiger partial charge >= 0.3 is 0 Å². The van der Waals surface area contributed by atoms with Crippen LogP contribution >= 0.6 is 15.9 Å². The summed E-state index contributed by atoms with van der Waals surface area (Å²) in [6.07, 6.45) is 4.27. The first-order valence-corrected chi connectivity index (χ1v) is 7.53. The van der Waals surface area contributed by atoms with Crippen LogP contribution in [-0.2, 0) is 0 Å². The van der Waals surface area contributed by atoms with Gasteiger partial charge in [0.05, 0.1) is 0 Å². The van der Waals surface area contributed by atoms with E-state index in [1.165, 1.54) is 32.5 Å². The zero-order chi connectivity index (χ0) is 13.0. The van der Waals surface area contributed by atoms with Crippen LogP contribution in [0.4, 0.5) is 5.82 Å². The summed E-state index contributed by atoms with van der Waals surface area (Å²) in [5.41, 5.74) is 0. The average molecular weight is 312 g/mol. The second kappa shape index (κ2) is 6.53. The second-order valence-electron chi connectivity index (χ2n) is 5.47. The van der Waals surface area contributed by atoms with Gasteiger partial charge in [-0.25, -0.2) is 4.98 Å². The molecule has 1 fully saturated rings. The Morgan fingerprint density at radius 1 is 1.39 bits per heavy atom. The van der Waals surface area contributed by atoms with Crippen molar-refractivity contribution in [3.05, 3.63) is 22.8 Å². The monoisotopic (exact) mass is 311 g/mol. The van der Waals surface area contributed by atoms with Crippen molar-refractivity contribution in [2.45, 2.75) is 32.7 Å². The molecule has 1 saturated heterocycles. The zero-order valence-corrected chi connectivity index (χ0v) is 12.8. The molecule has 0 radical (unpaired) electrons. The summed E-state index contributed by atoms with van der Waals surface area (Å²) in [7, 11) is 0. The predicted octanol–water partition coefficient (Wildman–Crippen LogP) is 3.38. The molecule has 0 aliphatic carbocycles. The Morgan fingerprint density at radius 3 is 2.67 bits per heavy atom. The van der Waals surface area contributed by atoms with E-state index in [4.69, 9.17) is 0 Å². The van der Waals surface area contributed by atoms with Crippen LogP contribution in [0.2, 0.25) is 0 Å². The summed E-state index contributed by atoms with van der Waals surface area (Å²) in [5, 5.41) is 3.52. The lowest BCUT2D eigenvalue weighted by atomic mass is 10.0. The Hall–Kier alpha value is -0.610. The van der Waals surface area contributed by atoms with Gasteiger partial charge in [-0.2, -0.15) is 0 Å². The fourth-order valence-corrected chi connectivity index (χ4v) is 2.68. The molecule has 2 rings (SSSR count). The molecule has 1 aliphatic rings. The van der Waals surface area contributed by atoms with Gasteiger partial charge in [-0.15, -0.1) is 0 Å². The molecule has 0 atom stereocenters. The highest BCUT2D eigenvalue weighted by atomic mass is 79.9. The normalized spacial score (nSPS) is 18.2. The van der Waals surface area contributed by atoms with Gasteiger partial charge in [0, 0.05) is 36.3 Å². The van der Waals surface area contributed by atoms with Gasteiger partial charge in [-0.1, -0.05) is 13.8 Å². The fourth-order valence-electron chi connectivity index (χ4n) is 2.45. The van der Waals surface area contributed by atoms with Crippen molar-refractivity contribution in [1.82, 2.24) is 9.88 Å². The molecule has 1 aromatic rings. The molecule has 3 nitrogen and oxygen atoms in total. The molecule has 18 heavy (non-hydrogen) atoms. The minimum atomic E-state index is 0.571. The molecule has 0 spiro atoms. The molecule has 4 heteroatoms. The van der Waals surface area contributed by atoms with Crippen LogP contribution in [-0.4, -0.2) is 35.6 Å². The van der Waals surface area contributed by atoms with Gasteiger partial charge in [-0.05, 0) is 46.8 Å². The Morgan fingerprint density at radius 2 is 2.11 bits per heavy atom. The first-order chi connectivity index (χ1) is 8.63. The number of rotatable bonds is 4. The summed E-state index contributed by atoms with van der Waals surface area (Å²) in [5.74, 6) is 1.75. The molecular formula is C14H22BrN3. The third-order valence-corrected chi connectivity index (χ3v) is 3.76. The van der Waals surface area contributed by atoms with Gasteiger partial charge in [0.2, 0.25) is 0 Å². The summed E-state index contributed by atoms with van der Waals surface area (Å²) < 4.78 is 1.03. The van der Waals surface area contributed by atoms with Crippen molar-refractivity contribution in [3.63, 3.8) is 0 Å². The van der Waals surface area contributed by atoms with Crippen LogP contribution in [0.25, 0.3) is 0 Å². The van der Waals surface area contributed by atoms with Crippen molar-refractivity contribution < 1.29 is 0 Å². The van der Waals surface area contributed by atoms with Crippen molar-refractivity contribution in [3.8, 4) is 0 Å². The van der Waals surface area contributed by atoms with Gasteiger partial charge in [0.25, 0.3) is 0 Å². The van der Waals surface area contributed by atoms with Gasteiger partial charge in [-0.3, -0.25) is 0 Å². The van der Waals surface area contributed by atoms with Crippen LogP contribution < -0.4 is 5.32 Å². The molecule has 0 amide bonds. The highest BCUT2D eigenvalue weighted by Gasteiger charge is 2.19. The van der Waals surface area contributed by atoms with Gasteiger partial charge in [0.1, 0.15) is 5.82 Å². The quantitative estimate of drug-likeness (QED) is 0.924. The minimum Gasteiger partial charge on any atom is -0.367 e. The molecule has 100 valence electrons. The Labute approximate surface area is 118 Å². The molecule has 2 heterocycles. The molecule has 0 bridgehead atoms. The molecular weight excluding hydrogens is 290 g/mol. The third kappa shape index (κ3) is 4.25. The summed E-state index contributed by atoms with van der Waals surface area (Å²) in [4.78, 5) is 6.94. The van der Waals surface area contributed by atoms with E-state index in [-0.39, 0.29) is 0 Å². The standard InChI is InChI=1S/C14H22BrN3/c1-11(2)10-18-7-5-13(6-8-18)17-14-4-3-12(15)9-16-14/h3-4,9,11,13H,5-8,10H2,1-2H3,(H,16,17). The van der Waals surface area contributed by atoms with E-state index in [1.54, 1.807) is 0 Å². The van der Waals surface area contributed by atoms with E-state index in [1.807, 2.05) is 18.3 Å². The topological polar surface area (TPSA) is 28.2 Å². The van der Waals surface area contributed by atoms with E-state index in [9.17, 15) is 0 Å². The third-order valence-electron chi connectivity index (χ3n) is 3.29. The molecule has 1 N–H and O–H groups in total. The van der Waals surface area contributed by atoms with E-state index >= 15 is 0 Å². The van der Waals surface area contributed by atoms with E-state index in [2.05, 4.69) is 45.0 Å². The maximum atomic E-state index is 4.37. The Balaban J connectivity index is 1.78. The molecule has 1 aromatic heterocycles. The maximum absolute atomic E-state index is 4.37. The lowest BCUT2D eigenvalue weighted by Gasteiger charge is -2.33. The highest BCUT2D eigenvalue weighted by Crippen LogP contribution is 2.17. The number of aromatic nitrogens is 1. The lowest BCUT2D eigenvalue weighted by Crippen LogP contribution is -2.40. The SMILES string of the molecule is CC(C)CN1CCC(Nc2ccc(Br)cn2)CC1. The lowest BCUT2D eigenvalue weighted by molar-refractivity contribution is 0.198. The summed E-state index contributed by atoms with van der Waals surface area (Å²) in [6.45, 7) is 8.20. The fraction of sp³-hybridized carbons (Fsp3) is 0.643. The largest absolute Gasteiger partial charge is 0.367 e. The summed E-state index contributed by atoms with van der Waals surface area (Å²) in [6, 6.07) is 4.63. The Kier molecular flexibility index (Phi) is 5.01. The minimum absolute atomic E-state index is 0.571. The van der Waals surface area contributed by atoms with Crippen LogP contribution in [0, 0.1) is 5.92 Å². The van der Waals surface area contributed by atoms with Gasteiger partial charge in [0.15, 0.2) is 0 Å². The van der Waals surface area contributed by atoms with Crippen molar-refractivity contribution in [2.75, 3.05) is 25.0 Å². The van der Waals surface area contributed by atoms with Crippen LogP contribution in [0.3, 0.4) is 0 Å². The van der Waals surface area contributed by atoms with Crippen LogP contribution in [0.15, 0.2) is 22.8 Å². The molecule has 1 aliphatic heterocycles. The predicted molar refractivity (Wildman–Crippen MR) is 79.9 cm³/mol. The number of nitrogens with zero attached hydrogens (tertiary/aromatic N) is 2. The molecule has 0 saturated carbocycles. The van der Waals surface area contributed by atoms with E-state index < -0.39 is 0 Å². The molecule has 0 aromatic carbocycles. The van der Waals surface area contributed by atoms with Crippen molar-refractivity contribution >= 4 is 21.7 Å². The number of likely N-dealkylation sites (tertiary alicyclic amines) is 1. The smallest absolute Gasteiger partial charge is 0.126 e. The van der Waals surface area contributed by atoms with Crippen molar-refractivity contribution in [1.29, 1.82) is 0 Å². The number of hydrogen-bond donors (Lipinski definition) is 1. The number of pyridine rings is 1. The maximum Gasteiger partial charge on any atom is 0.126 e. The molecule has 0 unspecified atom stereocenters. The van der Waals surface area contributed by atoms with Crippen molar-refractivity contribution in [2.24, 2.45) is 5.92 Å². The summed E-state index contributed by atoms with van der Waals surface area (Å²) >= 11 is 3.40. The van der Waals surface area contributed by atoms with E-state index in [0.29, 0.717) is 6.04 Å². The Bertz CT molecular complexity index is 356. The number of halogens is 1. The number of piperidine rings is 1. The van der Waals surface area contributed by atoms with Crippen LogP contribution in [0.1, 0.15) is 26.7 Å². The number of anilines is 1. The zero-order valence-electron chi connectivity index (χ0n) is 11.2. The number of nitrogens with one attached hydrogen (secondary N) is 1.